The number of benzene rings is 1. The first-order valence-corrected chi connectivity index (χ1v) is 8.22. The molecule has 8 heteroatoms. The van der Waals surface area contributed by atoms with Crippen LogP contribution in [0.3, 0.4) is 0 Å². The Balaban J connectivity index is 1.93. The van der Waals surface area contributed by atoms with E-state index in [1.807, 2.05) is 24.3 Å². The molecule has 1 aromatic heterocycles. The maximum Gasteiger partial charge on any atom is 0.353 e. The van der Waals surface area contributed by atoms with Gasteiger partial charge in [0.2, 0.25) is 11.6 Å². The van der Waals surface area contributed by atoms with Gasteiger partial charge in [-0.05, 0) is 40.9 Å². The normalized spacial score (nSPS) is 14.7. The molecule has 1 fully saturated rings. The molecule has 1 aliphatic carbocycles. The second-order valence-electron chi connectivity index (χ2n) is 5.41. The van der Waals surface area contributed by atoms with Crippen molar-refractivity contribution >= 4 is 38.9 Å². The maximum absolute atomic E-state index is 11.5. The van der Waals surface area contributed by atoms with E-state index in [4.69, 9.17) is 0 Å². The Morgan fingerprint density at radius 3 is 2.57 bits per heavy atom. The lowest BCUT2D eigenvalue weighted by Crippen LogP contribution is -2.17. The van der Waals surface area contributed by atoms with Crippen LogP contribution in [0.15, 0.2) is 35.1 Å². The van der Waals surface area contributed by atoms with Gasteiger partial charge in [-0.2, -0.15) is 0 Å². The summed E-state index contributed by atoms with van der Waals surface area (Å²) in [6.07, 6.45) is 5.63. The molecule has 0 spiro atoms. The Morgan fingerprint density at radius 2 is 1.87 bits per heavy atom. The van der Waals surface area contributed by atoms with Gasteiger partial charge in [0.25, 0.3) is 0 Å². The monoisotopic (exact) mass is 377 g/mol. The number of hydrogen-bond donors (Lipinski definition) is 2. The summed E-state index contributed by atoms with van der Waals surface area (Å²) >= 11 is 3.41. The number of nitrogens with zero attached hydrogens (tertiary/aromatic N) is 3. The summed E-state index contributed by atoms with van der Waals surface area (Å²) < 4.78 is 0.804. The first-order chi connectivity index (χ1) is 11.1. The van der Waals surface area contributed by atoms with Gasteiger partial charge in [-0.1, -0.05) is 25.0 Å². The summed E-state index contributed by atoms with van der Waals surface area (Å²) in [5.74, 6) is 0.448. The van der Waals surface area contributed by atoms with E-state index in [1.165, 1.54) is 6.33 Å². The molecule has 0 aliphatic heterocycles. The van der Waals surface area contributed by atoms with Gasteiger partial charge >= 0.3 is 5.69 Å². The zero-order valence-corrected chi connectivity index (χ0v) is 13.9. The Hall–Kier alpha value is -2.22. The Bertz CT molecular complexity index is 719. The number of hydrogen-bond acceptors (Lipinski definition) is 6. The summed E-state index contributed by atoms with van der Waals surface area (Å²) in [7, 11) is 0. The third-order valence-electron chi connectivity index (χ3n) is 3.83. The summed E-state index contributed by atoms with van der Waals surface area (Å²) in [5, 5.41) is 17.7. The van der Waals surface area contributed by atoms with Crippen molar-refractivity contribution in [2.45, 2.75) is 31.7 Å². The Kier molecular flexibility index (Phi) is 4.71. The minimum atomic E-state index is -0.448. The van der Waals surface area contributed by atoms with Gasteiger partial charge in [-0.3, -0.25) is 10.1 Å². The molecule has 3 rings (SSSR count). The van der Waals surface area contributed by atoms with Crippen molar-refractivity contribution in [2.24, 2.45) is 0 Å². The molecular formula is C15H16BrN5O2. The van der Waals surface area contributed by atoms with E-state index in [2.05, 4.69) is 36.5 Å². The Labute approximate surface area is 141 Å². The van der Waals surface area contributed by atoms with Crippen LogP contribution >= 0.6 is 15.9 Å². The molecule has 0 amide bonds. The fourth-order valence-electron chi connectivity index (χ4n) is 2.70. The van der Waals surface area contributed by atoms with Crippen LogP contribution in [0.4, 0.5) is 23.0 Å². The molecule has 23 heavy (non-hydrogen) atoms. The molecule has 2 N–H and O–H groups in total. The standard InChI is InChI=1S/C15H16BrN5O2/c16-11-7-3-4-8-12(11)20-15-13(21(22)23)14(17-9-18-15)19-10-5-1-2-6-10/h3-4,7-10H,1-2,5-6H2,(H2,17,18,19,20). The van der Waals surface area contributed by atoms with Gasteiger partial charge in [0.1, 0.15) is 6.33 Å². The molecule has 0 atom stereocenters. The van der Waals surface area contributed by atoms with Crippen molar-refractivity contribution in [1.82, 2.24) is 9.97 Å². The van der Waals surface area contributed by atoms with Crippen molar-refractivity contribution in [3.8, 4) is 0 Å². The fraction of sp³-hybridized carbons (Fsp3) is 0.333. The summed E-state index contributed by atoms with van der Waals surface area (Å²) in [6, 6.07) is 7.63. The number of aromatic nitrogens is 2. The minimum Gasteiger partial charge on any atom is -0.361 e. The van der Waals surface area contributed by atoms with Gasteiger partial charge < -0.3 is 10.6 Å². The van der Waals surface area contributed by atoms with Crippen LogP contribution < -0.4 is 10.6 Å². The van der Waals surface area contributed by atoms with Gasteiger partial charge in [0, 0.05) is 10.5 Å². The number of anilines is 3. The highest BCUT2D eigenvalue weighted by Crippen LogP contribution is 2.34. The highest BCUT2D eigenvalue weighted by atomic mass is 79.9. The van der Waals surface area contributed by atoms with Crippen LogP contribution in [0.5, 0.6) is 0 Å². The van der Waals surface area contributed by atoms with Gasteiger partial charge in [-0.15, -0.1) is 0 Å². The predicted octanol–water partition coefficient (Wildman–Crippen LogP) is 4.25. The van der Waals surface area contributed by atoms with E-state index in [0.717, 1.165) is 30.2 Å². The summed E-state index contributed by atoms with van der Waals surface area (Å²) in [6.45, 7) is 0. The first-order valence-electron chi connectivity index (χ1n) is 7.42. The topological polar surface area (TPSA) is 93.0 Å². The fourth-order valence-corrected chi connectivity index (χ4v) is 3.09. The minimum absolute atomic E-state index is 0.129. The molecule has 1 saturated carbocycles. The number of para-hydroxylation sites is 1. The number of rotatable bonds is 5. The van der Waals surface area contributed by atoms with Crippen LogP contribution in [-0.2, 0) is 0 Å². The van der Waals surface area contributed by atoms with Crippen LogP contribution in [0.2, 0.25) is 0 Å². The number of halogens is 1. The zero-order chi connectivity index (χ0) is 16.2. The van der Waals surface area contributed by atoms with Crippen molar-refractivity contribution in [1.29, 1.82) is 0 Å². The molecule has 1 aromatic carbocycles. The quantitative estimate of drug-likeness (QED) is 0.597. The molecule has 0 bridgehead atoms. The number of nitrogens with one attached hydrogen (secondary N) is 2. The highest BCUT2D eigenvalue weighted by molar-refractivity contribution is 9.10. The highest BCUT2D eigenvalue weighted by Gasteiger charge is 2.26. The third-order valence-corrected chi connectivity index (χ3v) is 4.52. The molecule has 0 saturated heterocycles. The van der Waals surface area contributed by atoms with E-state index < -0.39 is 4.92 Å². The average Bonchev–Trinajstić information content (AvgIpc) is 3.02. The van der Waals surface area contributed by atoms with E-state index in [1.54, 1.807) is 0 Å². The van der Waals surface area contributed by atoms with E-state index in [9.17, 15) is 10.1 Å². The molecule has 120 valence electrons. The van der Waals surface area contributed by atoms with Crippen molar-refractivity contribution in [2.75, 3.05) is 10.6 Å². The zero-order valence-electron chi connectivity index (χ0n) is 12.3. The lowest BCUT2D eigenvalue weighted by atomic mass is 10.2. The first kappa shape index (κ1) is 15.7. The number of nitro groups is 1. The molecule has 1 heterocycles. The smallest absolute Gasteiger partial charge is 0.353 e. The van der Waals surface area contributed by atoms with Crippen LogP contribution in [0, 0.1) is 10.1 Å². The van der Waals surface area contributed by atoms with Gasteiger partial charge in [-0.25, -0.2) is 9.97 Å². The van der Waals surface area contributed by atoms with E-state index in [-0.39, 0.29) is 23.4 Å². The average molecular weight is 378 g/mol. The van der Waals surface area contributed by atoms with Crippen molar-refractivity contribution in [3.63, 3.8) is 0 Å². The third kappa shape index (κ3) is 3.58. The summed E-state index contributed by atoms with van der Waals surface area (Å²) in [5.41, 5.74) is 0.580. The van der Waals surface area contributed by atoms with Crippen LogP contribution in [0.25, 0.3) is 0 Å². The predicted molar refractivity (Wildman–Crippen MR) is 92.0 cm³/mol. The van der Waals surface area contributed by atoms with Crippen LogP contribution in [0.1, 0.15) is 25.7 Å². The van der Waals surface area contributed by atoms with Crippen molar-refractivity contribution in [3.05, 3.63) is 45.2 Å². The SMILES string of the molecule is O=[N+]([O-])c1c(Nc2ccccc2Br)ncnc1NC1CCCC1. The molecule has 0 unspecified atom stereocenters. The second kappa shape index (κ2) is 6.91. The Morgan fingerprint density at radius 1 is 1.17 bits per heavy atom. The largest absolute Gasteiger partial charge is 0.361 e. The lowest BCUT2D eigenvalue weighted by Gasteiger charge is -2.14. The van der Waals surface area contributed by atoms with Gasteiger partial charge in [0.15, 0.2) is 0 Å². The molecule has 7 nitrogen and oxygen atoms in total. The maximum atomic E-state index is 11.5. The molecule has 0 radical (unpaired) electrons. The van der Waals surface area contributed by atoms with E-state index >= 15 is 0 Å². The lowest BCUT2D eigenvalue weighted by molar-refractivity contribution is -0.383. The molecular weight excluding hydrogens is 362 g/mol. The second-order valence-corrected chi connectivity index (χ2v) is 6.26. The van der Waals surface area contributed by atoms with E-state index in [0.29, 0.717) is 5.69 Å². The van der Waals surface area contributed by atoms with Crippen LogP contribution in [-0.4, -0.2) is 20.9 Å². The molecule has 2 aromatic rings. The summed E-state index contributed by atoms with van der Waals surface area (Å²) in [4.78, 5) is 19.2. The van der Waals surface area contributed by atoms with Gasteiger partial charge in [0.05, 0.1) is 10.6 Å². The molecule has 1 aliphatic rings. The van der Waals surface area contributed by atoms with Crippen molar-refractivity contribution < 1.29 is 4.92 Å².